The number of benzene rings is 2. The van der Waals surface area contributed by atoms with Gasteiger partial charge in [-0.25, -0.2) is 4.79 Å². The van der Waals surface area contributed by atoms with Gasteiger partial charge in [0.15, 0.2) is 0 Å². The molecule has 1 unspecified atom stereocenters. The number of hydrogen-bond donors (Lipinski definition) is 3. The van der Waals surface area contributed by atoms with Crippen LogP contribution in [0.4, 0.5) is 10.5 Å². The predicted octanol–water partition coefficient (Wildman–Crippen LogP) is 4.42. The standard InChI is InChI=1S/C18H17ClN2O3S/c1-24-16-7-6-11(19)8-14(16)21-18(23)20-9-15(22)13-10-25-17-5-3-2-4-12(13)17/h2-8,10,15,22H,9H2,1H3,(H2,20,21,23). The van der Waals surface area contributed by atoms with Gasteiger partial charge in [-0.05, 0) is 35.0 Å². The third-order valence-electron chi connectivity index (χ3n) is 3.74. The van der Waals surface area contributed by atoms with E-state index < -0.39 is 12.1 Å². The number of hydrogen-bond acceptors (Lipinski definition) is 4. The first-order valence-electron chi connectivity index (χ1n) is 7.61. The highest BCUT2D eigenvalue weighted by Crippen LogP contribution is 2.30. The molecule has 130 valence electrons. The van der Waals surface area contributed by atoms with E-state index in [-0.39, 0.29) is 6.54 Å². The summed E-state index contributed by atoms with van der Waals surface area (Å²) in [6.45, 7) is 0.0927. The second-order valence-electron chi connectivity index (χ2n) is 5.38. The van der Waals surface area contributed by atoms with Crippen molar-refractivity contribution in [3.8, 4) is 5.75 Å². The Morgan fingerprint density at radius 1 is 1.32 bits per heavy atom. The minimum absolute atomic E-state index is 0.0927. The Kier molecular flexibility index (Phi) is 5.43. The molecule has 0 aliphatic heterocycles. The van der Waals surface area contributed by atoms with Gasteiger partial charge in [-0.15, -0.1) is 11.3 Å². The van der Waals surface area contributed by atoms with Crippen LogP contribution in [0, 0.1) is 0 Å². The number of thiophene rings is 1. The lowest BCUT2D eigenvalue weighted by Crippen LogP contribution is -2.32. The number of ether oxygens (including phenoxy) is 1. The van der Waals surface area contributed by atoms with Gasteiger partial charge in [0.2, 0.25) is 0 Å². The van der Waals surface area contributed by atoms with Crippen LogP contribution in [0.3, 0.4) is 0 Å². The number of aliphatic hydroxyl groups is 1. The van der Waals surface area contributed by atoms with Crippen molar-refractivity contribution in [3.05, 3.63) is 58.4 Å². The molecule has 25 heavy (non-hydrogen) atoms. The van der Waals surface area contributed by atoms with Gasteiger partial charge in [-0.3, -0.25) is 0 Å². The number of fused-ring (bicyclic) bond motifs is 1. The van der Waals surface area contributed by atoms with E-state index in [0.29, 0.717) is 16.5 Å². The Labute approximate surface area is 154 Å². The number of halogens is 1. The van der Waals surface area contributed by atoms with Gasteiger partial charge in [0.05, 0.1) is 18.9 Å². The summed E-state index contributed by atoms with van der Waals surface area (Å²) in [5.74, 6) is 0.504. The third-order valence-corrected chi connectivity index (χ3v) is 4.95. The highest BCUT2D eigenvalue weighted by atomic mass is 35.5. The van der Waals surface area contributed by atoms with Crippen LogP contribution in [-0.4, -0.2) is 24.8 Å². The lowest BCUT2D eigenvalue weighted by Gasteiger charge is -2.14. The first kappa shape index (κ1) is 17.5. The molecule has 0 fully saturated rings. The third kappa shape index (κ3) is 4.04. The van der Waals surface area contributed by atoms with E-state index in [0.717, 1.165) is 15.6 Å². The van der Waals surface area contributed by atoms with Crippen molar-refractivity contribution in [3.63, 3.8) is 0 Å². The molecule has 5 nitrogen and oxygen atoms in total. The number of methoxy groups -OCH3 is 1. The molecule has 0 aliphatic carbocycles. The molecule has 3 rings (SSSR count). The highest BCUT2D eigenvalue weighted by Gasteiger charge is 2.15. The lowest BCUT2D eigenvalue weighted by atomic mass is 10.1. The minimum Gasteiger partial charge on any atom is -0.495 e. The average Bonchev–Trinajstić information content (AvgIpc) is 3.04. The number of carbonyl (C=O) groups excluding carboxylic acids is 1. The van der Waals surface area contributed by atoms with Crippen LogP contribution in [0.5, 0.6) is 5.75 Å². The number of carbonyl (C=O) groups is 1. The second-order valence-corrected chi connectivity index (χ2v) is 6.73. The molecular formula is C18H17ClN2O3S. The maximum absolute atomic E-state index is 12.1. The van der Waals surface area contributed by atoms with Crippen molar-refractivity contribution in [1.82, 2.24) is 5.32 Å². The number of amides is 2. The maximum Gasteiger partial charge on any atom is 0.319 e. The zero-order valence-electron chi connectivity index (χ0n) is 13.5. The summed E-state index contributed by atoms with van der Waals surface area (Å²) in [4.78, 5) is 12.1. The monoisotopic (exact) mass is 376 g/mol. The molecule has 0 spiro atoms. The van der Waals surface area contributed by atoms with Crippen LogP contribution in [0.2, 0.25) is 5.02 Å². The van der Waals surface area contributed by atoms with Crippen LogP contribution >= 0.6 is 22.9 Å². The molecule has 0 aliphatic rings. The van der Waals surface area contributed by atoms with Crippen LogP contribution in [0.1, 0.15) is 11.7 Å². The fourth-order valence-corrected chi connectivity index (χ4v) is 3.68. The molecule has 2 amide bonds. The molecule has 7 heteroatoms. The van der Waals surface area contributed by atoms with Crippen molar-refractivity contribution in [2.75, 3.05) is 19.0 Å². The molecule has 3 N–H and O–H groups in total. The first-order chi connectivity index (χ1) is 12.1. The summed E-state index contributed by atoms with van der Waals surface area (Å²) in [6, 6.07) is 12.3. The topological polar surface area (TPSA) is 70.6 Å². The van der Waals surface area contributed by atoms with Crippen LogP contribution < -0.4 is 15.4 Å². The smallest absolute Gasteiger partial charge is 0.319 e. The summed E-state index contributed by atoms with van der Waals surface area (Å²) in [6.07, 6.45) is -0.789. The van der Waals surface area contributed by atoms with E-state index in [1.54, 1.807) is 29.5 Å². The maximum atomic E-state index is 12.1. The van der Waals surface area contributed by atoms with Crippen molar-refractivity contribution in [2.45, 2.75) is 6.10 Å². The summed E-state index contributed by atoms with van der Waals surface area (Å²) in [5, 5.41) is 19.1. The van der Waals surface area contributed by atoms with E-state index in [1.165, 1.54) is 7.11 Å². The molecule has 1 heterocycles. The lowest BCUT2D eigenvalue weighted by molar-refractivity contribution is 0.177. The quantitative estimate of drug-likeness (QED) is 0.617. The number of aliphatic hydroxyl groups excluding tert-OH is 1. The van der Waals surface area contributed by atoms with Gasteiger partial charge in [0.25, 0.3) is 0 Å². The van der Waals surface area contributed by atoms with Crippen LogP contribution in [0.25, 0.3) is 10.1 Å². The number of rotatable bonds is 5. The van der Waals surface area contributed by atoms with Crippen molar-refractivity contribution >= 4 is 44.7 Å². The molecule has 2 aromatic carbocycles. The molecule has 0 saturated carbocycles. The molecule has 1 atom stereocenters. The van der Waals surface area contributed by atoms with E-state index in [2.05, 4.69) is 10.6 Å². The Morgan fingerprint density at radius 3 is 2.92 bits per heavy atom. The summed E-state index contributed by atoms with van der Waals surface area (Å²) < 4.78 is 6.29. The SMILES string of the molecule is COc1ccc(Cl)cc1NC(=O)NCC(O)c1csc2ccccc12. The van der Waals surface area contributed by atoms with Gasteiger partial charge in [-0.2, -0.15) is 0 Å². The largest absolute Gasteiger partial charge is 0.495 e. The van der Waals surface area contributed by atoms with E-state index in [4.69, 9.17) is 16.3 Å². The number of urea groups is 1. The van der Waals surface area contributed by atoms with Gasteiger partial charge < -0.3 is 20.5 Å². The van der Waals surface area contributed by atoms with E-state index >= 15 is 0 Å². The Balaban J connectivity index is 1.63. The Hall–Kier alpha value is -2.28. The summed E-state index contributed by atoms with van der Waals surface area (Å²) in [7, 11) is 1.51. The normalized spacial score (nSPS) is 12.0. The van der Waals surface area contributed by atoms with Gasteiger partial charge in [-0.1, -0.05) is 29.8 Å². The van der Waals surface area contributed by atoms with Gasteiger partial charge in [0, 0.05) is 21.8 Å². The van der Waals surface area contributed by atoms with Gasteiger partial charge in [0.1, 0.15) is 5.75 Å². The molecular weight excluding hydrogens is 360 g/mol. The molecule has 1 aromatic heterocycles. The van der Waals surface area contributed by atoms with Crippen LogP contribution in [0.15, 0.2) is 47.8 Å². The molecule has 0 bridgehead atoms. The average molecular weight is 377 g/mol. The Bertz CT molecular complexity index is 897. The predicted molar refractivity (Wildman–Crippen MR) is 102 cm³/mol. The second kappa shape index (κ2) is 7.74. The van der Waals surface area contributed by atoms with E-state index in [9.17, 15) is 9.90 Å². The fraction of sp³-hybridized carbons (Fsp3) is 0.167. The van der Waals surface area contributed by atoms with E-state index in [1.807, 2.05) is 29.6 Å². The van der Waals surface area contributed by atoms with Crippen molar-refractivity contribution in [1.29, 1.82) is 0 Å². The zero-order chi connectivity index (χ0) is 17.8. The first-order valence-corrected chi connectivity index (χ1v) is 8.87. The van der Waals surface area contributed by atoms with Crippen molar-refractivity contribution in [2.24, 2.45) is 0 Å². The summed E-state index contributed by atoms with van der Waals surface area (Å²) in [5.41, 5.74) is 1.27. The summed E-state index contributed by atoms with van der Waals surface area (Å²) >= 11 is 7.51. The van der Waals surface area contributed by atoms with Gasteiger partial charge >= 0.3 is 6.03 Å². The minimum atomic E-state index is -0.789. The van der Waals surface area contributed by atoms with Crippen LogP contribution in [-0.2, 0) is 0 Å². The zero-order valence-corrected chi connectivity index (χ0v) is 15.0. The molecule has 0 radical (unpaired) electrons. The Morgan fingerprint density at radius 2 is 2.12 bits per heavy atom. The molecule has 3 aromatic rings. The molecule has 0 saturated heterocycles. The van der Waals surface area contributed by atoms with Crippen molar-refractivity contribution < 1.29 is 14.6 Å². The number of nitrogens with one attached hydrogen (secondary N) is 2. The highest BCUT2D eigenvalue weighted by molar-refractivity contribution is 7.17. The fourth-order valence-electron chi connectivity index (χ4n) is 2.50. The number of anilines is 1.